The summed E-state index contributed by atoms with van der Waals surface area (Å²) < 4.78 is 16.8. The molecule has 3 saturated carbocycles. The highest BCUT2D eigenvalue weighted by Crippen LogP contribution is 2.40. The molecule has 5 nitrogen and oxygen atoms in total. The zero-order chi connectivity index (χ0) is 20.4. The Kier molecular flexibility index (Phi) is 6.83. The van der Waals surface area contributed by atoms with Crippen molar-refractivity contribution < 1.29 is 23.8 Å². The summed E-state index contributed by atoms with van der Waals surface area (Å²) in [7, 11) is 0. The Morgan fingerprint density at radius 1 is 0.690 bits per heavy atom. The zero-order valence-electron chi connectivity index (χ0n) is 18.1. The van der Waals surface area contributed by atoms with Gasteiger partial charge in [0.05, 0.1) is 37.3 Å². The van der Waals surface area contributed by atoms with Crippen LogP contribution in [0.2, 0.25) is 0 Å². The van der Waals surface area contributed by atoms with Gasteiger partial charge in [-0.3, -0.25) is 9.59 Å². The molecule has 4 aliphatic rings. The van der Waals surface area contributed by atoms with E-state index in [9.17, 15) is 9.59 Å². The van der Waals surface area contributed by atoms with Crippen LogP contribution in [0.5, 0.6) is 0 Å². The topological polar surface area (TPSA) is 65.1 Å². The van der Waals surface area contributed by atoms with Gasteiger partial charge in [0.25, 0.3) is 0 Å². The number of rotatable bonds is 6. The molecule has 1 saturated heterocycles. The third-order valence-corrected chi connectivity index (χ3v) is 8.16. The van der Waals surface area contributed by atoms with Crippen molar-refractivity contribution >= 4 is 11.9 Å². The van der Waals surface area contributed by atoms with E-state index < -0.39 is 0 Å². The molecule has 4 rings (SSSR count). The van der Waals surface area contributed by atoms with Gasteiger partial charge in [-0.2, -0.15) is 0 Å². The molecule has 4 fully saturated rings. The van der Waals surface area contributed by atoms with E-state index >= 15 is 0 Å². The molecule has 0 bridgehead atoms. The number of carbonyl (C=O) groups excluding carboxylic acids is 2. The van der Waals surface area contributed by atoms with E-state index in [1.165, 1.54) is 0 Å². The summed E-state index contributed by atoms with van der Waals surface area (Å²) in [6.07, 6.45) is 10.9. The molecule has 0 aromatic rings. The third-order valence-electron chi connectivity index (χ3n) is 8.16. The first-order chi connectivity index (χ1) is 14.0. The number of hydrogen-bond acceptors (Lipinski definition) is 5. The molecular weight excluding hydrogens is 368 g/mol. The van der Waals surface area contributed by atoms with Gasteiger partial charge in [-0.15, -0.1) is 0 Å². The van der Waals surface area contributed by atoms with Crippen LogP contribution in [0.4, 0.5) is 0 Å². The summed E-state index contributed by atoms with van der Waals surface area (Å²) in [4.78, 5) is 24.7. The number of epoxide rings is 1. The van der Waals surface area contributed by atoms with E-state index in [1.807, 2.05) is 0 Å². The van der Waals surface area contributed by atoms with Crippen LogP contribution in [0.25, 0.3) is 0 Å². The molecule has 3 aliphatic carbocycles. The first-order valence-corrected chi connectivity index (χ1v) is 12.0. The highest BCUT2D eigenvalue weighted by Gasteiger charge is 2.46. The van der Waals surface area contributed by atoms with Crippen molar-refractivity contribution in [1.82, 2.24) is 0 Å². The Hall–Kier alpha value is -1.10. The fraction of sp³-hybridized carbons (Fsp3) is 0.917. The minimum absolute atomic E-state index is 0.0222. The SMILES string of the molecule is C[C@@H]1CC[C@H](C(=O)OCC2CCC(COC(=O)[C@H]3CC[C@H]4O[C@H]4C3)CC2)C[C@@H]1C. The summed E-state index contributed by atoms with van der Waals surface area (Å²) in [5.41, 5.74) is 0. The molecule has 6 atom stereocenters. The van der Waals surface area contributed by atoms with Crippen molar-refractivity contribution in [3.8, 4) is 0 Å². The fourth-order valence-corrected chi connectivity index (χ4v) is 5.58. The number of fused-ring (bicyclic) bond motifs is 1. The van der Waals surface area contributed by atoms with Crippen molar-refractivity contribution in [3.05, 3.63) is 0 Å². The lowest BCUT2D eigenvalue weighted by Gasteiger charge is -2.32. The van der Waals surface area contributed by atoms with E-state index in [0.717, 1.165) is 70.1 Å². The van der Waals surface area contributed by atoms with E-state index in [0.29, 0.717) is 43.2 Å². The van der Waals surface area contributed by atoms with Crippen LogP contribution >= 0.6 is 0 Å². The normalized spacial score (nSPS) is 41.9. The Labute approximate surface area is 175 Å². The largest absolute Gasteiger partial charge is 0.465 e. The molecule has 0 aromatic carbocycles. The molecule has 1 aliphatic heterocycles. The molecule has 1 heterocycles. The summed E-state index contributed by atoms with van der Waals surface area (Å²) in [6.45, 7) is 5.65. The minimum atomic E-state index is -0.0222. The summed E-state index contributed by atoms with van der Waals surface area (Å²) >= 11 is 0. The number of carbonyl (C=O) groups is 2. The third kappa shape index (κ3) is 5.53. The molecule has 0 radical (unpaired) electrons. The van der Waals surface area contributed by atoms with Crippen molar-refractivity contribution in [2.45, 2.75) is 90.3 Å². The first-order valence-electron chi connectivity index (χ1n) is 12.0. The lowest BCUT2D eigenvalue weighted by molar-refractivity contribution is -0.154. The van der Waals surface area contributed by atoms with Gasteiger partial charge < -0.3 is 14.2 Å². The van der Waals surface area contributed by atoms with Gasteiger partial charge in [-0.05, 0) is 87.9 Å². The van der Waals surface area contributed by atoms with Gasteiger partial charge in [0.2, 0.25) is 0 Å². The first kappa shape index (κ1) is 21.1. The molecule has 0 spiro atoms. The van der Waals surface area contributed by atoms with Crippen molar-refractivity contribution in [3.63, 3.8) is 0 Å². The second-order valence-electron chi connectivity index (χ2n) is 10.3. The minimum Gasteiger partial charge on any atom is -0.465 e. The maximum Gasteiger partial charge on any atom is 0.309 e. The highest BCUT2D eigenvalue weighted by atomic mass is 16.6. The predicted octanol–water partition coefficient (Wildman–Crippen LogP) is 4.52. The van der Waals surface area contributed by atoms with Crippen LogP contribution < -0.4 is 0 Å². The van der Waals surface area contributed by atoms with Crippen LogP contribution in [0.3, 0.4) is 0 Å². The second kappa shape index (κ2) is 9.36. The van der Waals surface area contributed by atoms with Crippen molar-refractivity contribution in [2.24, 2.45) is 35.5 Å². The number of esters is 2. The highest BCUT2D eigenvalue weighted by molar-refractivity contribution is 5.73. The average Bonchev–Trinajstić information content (AvgIpc) is 3.52. The molecule has 164 valence electrons. The van der Waals surface area contributed by atoms with Crippen LogP contribution in [0.15, 0.2) is 0 Å². The monoisotopic (exact) mass is 406 g/mol. The fourth-order valence-electron chi connectivity index (χ4n) is 5.58. The smallest absolute Gasteiger partial charge is 0.309 e. The molecule has 0 aromatic heterocycles. The Morgan fingerprint density at radius 3 is 1.79 bits per heavy atom. The molecule has 0 amide bonds. The van der Waals surface area contributed by atoms with Crippen LogP contribution in [-0.2, 0) is 23.8 Å². The van der Waals surface area contributed by atoms with Crippen LogP contribution in [-0.4, -0.2) is 37.4 Å². The number of ether oxygens (including phenoxy) is 3. The molecular formula is C24H38O5. The Balaban J connectivity index is 1.09. The van der Waals surface area contributed by atoms with Gasteiger partial charge in [0.1, 0.15) is 0 Å². The quantitative estimate of drug-likeness (QED) is 0.479. The Morgan fingerprint density at radius 2 is 1.24 bits per heavy atom. The van der Waals surface area contributed by atoms with Gasteiger partial charge in [0, 0.05) is 0 Å². The molecule has 0 unspecified atom stereocenters. The van der Waals surface area contributed by atoms with Crippen LogP contribution in [0, 0.1) is 35.5 Å². The Bertz CT molecular complexity index is 582. The lowest BCUT2D eigenvalue weighted by atomic mass is 9.76. The van der Waals surface area contributed by atoms with Gasteiger partial charge in [-0.25, -0.2) is 0 Å². The maximum atomic E-state index is 12.4. The summed E-state index contributed by atoms with van der Waals surface area (Å²) in [5, 5.41) is 0. The van der Waals surface area contributed by atoms with Crippen molar-refractivity contribution in [1.29, 1.82) is 0 Å². The average molecular weight is 407 g/mol. The summed E-state index contributed by atoms with van der Waals surface area (Å²) in [5.74, 6) is 2.41. The van der Waals surface area contributed by atoms with Crippen molar-refractivity contribution in [2.75, 3.05) is 13.2 Å². The van der Waals surface area contributed by atoms with Gasteiger partial charge in [-0.1, -0.05) is 13.8 Å². The van der Waals surface area contributed by atoms with E-state index in [-0.39, 0.29) is 23.8 Å². The van der Waals surface area contributed by atoms with E-state index in [2.05, 4.69) is 13.8 Å². The molecule has 29 heavy (non-hydrogen) atoms. The molecule has 5 heteroatoms. The maximum absolute atomic E-state index is 12.4. The molecule has 0 N–H and O–H groups in total. The van der Waals surface area contributed by atoms with Gasteiger partial charge >= 0.3 is 11.9 Å². The predicted molar refractivity (Wildman–Crippen MR) is 109 cm³/mol. The van der Waals surface area contributed by atoms with Gasteiger partial charge in [0.15, 0.2) is 0 Å². The van der Waals surface area contributed by atoms with Crippen LogP contribution in [0.1, 0.15) is 78.1 Å². The zero-order valence-corrected chi connectivity index (χ0v) is 18.1. The number of hydrogen-bond donors (Lipinski definition) is 0. The second-order valence-corrected chi connectivity index (χ2v) is 10.3. The van der Waals surface area contributed by atoms with E-state index in [4.69, 9.17) is 14.2 Å². The van der Waals surface area contributed by atoms with E-state index in [1.54, 1.807) is 0 Å². The summed E-state index contributed by atoms with van der Waals surface area (Å²) in [6, 6.07) is 0. The standard InChI is InChI=1S/C24H38O5/c1-15-3-8-19(11-16(15)2)23(25)27-13-17-4-6-18(7-5-17)14-28-24(26)20-9-10-21-22(12-20)29-21/h15-22H,3-14H2,1-2H3/t15-,16+,17?,18?,19+,20+,21-,22+/m1/s1. The lowest BCUT2D eigenvalue weighted by Crippen LogP contribution is -2.30.